The molecule has 94 heavy (non-hydrogen) atoms. The second kappa shape index (κ2) is 33.2. The molecule has 0 aliphatic heterocycles. The van der Waals surface area contributed by atoms with Crippen LogP contribution in [-0.2, 0) is 34.0 Å². The number of imidazole rings is 1. The number of aryl methyl sites for hydroxylation is 4. The molecule has 0 aliphatic rings. The number of aromatic hydroxyl groups is 2. The number of nitrogens with two attached hydrogens (primary N) is 1. The van der Waals surface area contributed by atoms with E-state index in [0.717, 1.165) is 39.8 Å². The van der Waals surface area contributed by atoms with Gasteiger partial charge in [-0.1, -0.05) is 68.1 Å². The van der Waals surface area contributed by atoms with Gasteiger partial charge in [0.1, 0.15) is 22.8 Å². The number of rotatable bonds is 11. The van der Waals surface area contributed by atoms with Crippen LogP contribution < -0.4 is 14.6 Å². The van der Waals surface area contributed by atoms with Crippen LogP contribution in [0.5, 0.6) is 23.0 Å². The van der Waals surface area contributed by atoms with Crippen LogP contribution in [0.2, 0.25) is 0 Å². The standard InChI is InChI=1S/C19H15N5O.C12H9F3N2O3S.C11H10N2O.C6H6BO3.C5H5BrN2.C2F6O5S2.CH4/c1-12-8-9-21-19(23-12)15-5-3-2-4-14(15)13-6-7-17-22-10-16(18(20)25)24(17)11-13;1-8-6-7-16-11(17-8)9-4-2-3-5-10(9)20-21(18,19)12(13,14)15;1-8-6-7-12-11(13-8)9-4-2-3-5-10(9)14;8-5-3-1-2-4-6(5)10-7-9;1-4-2-3-7-5(6)8-4;3-1(4,5)14(9,10)13-15(11,12)2(6,7)8;/h2-11H,1H3,(H2,20,25);2-7H,1H3;2-7,14H,1H3;1-4,8-9H;2-3H,1H3;;1H4. The first kappa shape index (κ1) is 76.7. The Labute approximate surface area is 538 Å². The fourth-order valence-corrected chi connectivity index (χ4v) is 9.20. The van der Waals surface area contributed by atoms with Gasteiger partial charge in [0.05, 0.1) is 17.3 Å². The number of fused-ring (bicyclic) bond motifs is 1. The SMILES string of the molecule is C.Cc1ccnc(-c2ccccc2-c2ccc3ncc(C(N)=O)n3c2)n1.Cc1ccnc(-c2ccccc2O)n1.Cc1ccnc(-c2ccccc2OS(=O)(=O)C(F)(F)F)n1.Cc1ccnc(Br)n1.O=S(=O)(OS(=O)(=O)C(F)(F)F)C(F)(F)F.O[B]Oc1ccccc1O. The van der Waals surface area contributed by atoms with Crippen LogP contribution in [0.4, 0.5) is 39.5 Å². The quantitative estimate of drug-likeness (QED) is 0.0307. The van der Waals surface area contributed by atoms with Crippen molar-refractivity contribution in [1.29, 1.82) is 0 Å². The number of hydrogen-bond donors (Lipinski definition) is 4. The minimum atomic E-state index is -6.85. The van der Waals surface area contributed by atoms with Crippen LogP contribution in [0.1, 0.15) is 40.7 Å². The molecule has 0 fully saturated rings. The monoisotopic (exact) mass is 1440 g/mol. The smallest absolute Gasteiger partial charge is 0.535 e. The van der Waals surface area contributed by atoms with Crippen LogP contribution in [0, 0.1) is 27.7 Å². The summed E-state index contributed by atoms with van der Waals surface area (Å²) in [6.45, 7) is 7.42. The topological polar surface area (TPSA) is 354 Å². The third-order valence-corrected chi connectivity index (χ3v) is 14.8. The molecule has 1 radical (unpaired) electrons. The van der Waals surface area contributed by atoms with Crippen LogP contribution in [0.15, 0.2) is 175 Å². The molecule has 6 aromatic heterocycles. The summed E-state index contributed by atoms with van der Waals surface area (Å²) >= 11 is 3.14. The summed E-state index contributed by atoms with van der Waals surface area (Å²) in [7, 11) is -18.9. The summed E-state index contributed by atoms with van der Waals surface area (Å²) in [5, 5.41) is 26.7. The zero-order valence-electron chi connectivity index (χ0n) is 47.7. The molecule has 10 aromatic rings. The van der Waals surface area contributed by atoms with Crippen molar-refractivity contribution >= 4 is 65.5 Å². The lowest BCUT2D eigenvalue weighted by Crippen LogP contribution is -2.34. The Balaban J connectivity index is 0.000000249. The molecule has 0 atom stereocenters. The number of phenolic OH excluding ortho intramolecular Hbond substituents is 2. The number of amides is 1. The number of aromatic nitrogens is 10. The highest BCUT2D eigenvalue weighted by molar-refractivity contribution is 9.10. The van der Waals surface area contributed by atoms with Crippen LogP contribution in [0.25, 0.3) is 50.9 Å². The van der Waals surface area contributed by atoms with Gasteiger partial charge in [-0.3, -0.25) is 9.20 Å². The van der Waals surface area contributed by atoms with Crippen molar-refractivity contribution in [3.8, 4) is 68.3 Å². The first-order chi connectivity index (χ1) is 43.4. The number of para-hydroxylation sites is 4. The van der Waals surface area contributed by atoms with Gasteiger partial charge in [0.2, 0.25) is 0 Å². The second-order valence-corrected chi connectivity index (χ2v) is 23.3. The maximum Gasteiger partial charge on any atom is 0.569 e. The highest BCUT2D eigenvalue weighted by Crippen LogP contribution is 2.35. The summed E-state index contributed by atoms with van der Waals surface area (Å²) in [6.07, 6.45) is 9.90. The molecular formula is C56H49BBrF9N11O13S3. The number of benzene rings is 4. The molecule has 5 N–H and O–H groups in total. The van der Waals surface area contributed by atoms with Crippen molar-refractivity contribution in [2.24, 2.45) is 5.73 Å². The number of alkyl halides is 9. The van der Waals surface area contributed by atoms with E-state index in [1.54, 1.807) is 72.4 Å². The Morgan fingerprint density at radius 3 is 1.34 bits per heavy atom. The van der Waals surface area contributed by atoms with Crippen molar-refractivity contribution in [3.05, 3.63) is 204 Å². The lowest BCUT2D eigenvalue weighted by molar-refractivity contribution is -0.0586. The van der Waals surface area contributed by atoms with E-state index in [2.05, 4.69) is 69.6 Å². The minimum absolute atomic E-state index is 0. The zero-order valence-corrected chi connectivity index (χ0v) is 51.8. The summed E-state index contributed by atoms with van der Waals surface area (Å²) < 4.78 is 180. The highest BCUT2D eigenvalue weighted by Gasteiger charge is 2.57. The van der Waals surface area contributed by atoms with Gasteiger partial charge in [0, 0.05) is 59.3 Å². The second-order valence-electron chi connectivity index (χ2n) is 17.8. The molecule has 497 valence electrons. The number of pyridine rings is 1. The van der Waals surface area contributed by atoms with E-state index >= 15 is 0 Å². The Kier molecular flexibility index (Phi) is 27.1. The van der Waals surface area contributed by atoms with Crippen molar-refractivity contribution in [3.63, 3.8) is 0 Å². The molecule has 0 bridgehead atoms. The van der Waals surface area contributed by atoms with Crippen LogP contribution in [0.3, 0.4) is 0 Å². The van der Waals surface area contributed by atoms with Gasteiger partial charge in [-0.25, -0.2) is 44.9 Å². The molecule has 10 rings (SSSR count). The van der Waals surface area contributed by atoms with E-state index in [0.29, 0.717) is 46.7 Å². The molecule has 0 unspecified atom stereocenters. The summed E-state index contributed by atoms with van der Waals surface area (Å²) in [6, 6.07) is 37.6. The van der Waals surface area contributed by atoms with Gasteiger partial charge in [0.15, 0.2) is 33.7 Å². The molecule has 4 aromatic carbocycles. The summed E-state index contributed by atoms with van der Waals surface area (Å²) in [5.74, 6) is 0.749. The first-order valence-electron chi connectivity index (χ1n) is 25.3. The molecule has 6 heterocycles. The van der Waals surface area contributed by atoms with E-state index < -0.39 is 58.5 Å². The Morgan fingerprint density at radius 1 is 0.511 bits per heavy atom. The van der Waals surface area contributed by atoms with Gasteiger partial charge in [0.25, 0.3) is 5.91 Å². The predicted octanol–water partition coefficient (Wildman–Crippen LogP) is 10.9. The molecule has 38 heteroatoms. The molecule has 1 amide bonds. The van der Waals surface area contributed by atoms with Crippen LogP contribution >= 0.6 is 15.9 Å². The average Bonchev–Trinajstić information content (AvgIpc) is 1.25. The lowest BCUT2D eigenvalue weighted by Gasteiger charge is -2.12. The van der Waals surface area contributed by atoms with Crippen molar-refractivity contribution in [2.45, 2.75) is 51.6 Å². The van der Waals surface area contributed by atoms with E-state index in [-0.39, 0.29) is 36.1 Å². The average molecular weight is 1440 g/mol. The Bertz CT molecular complexity index is 4510. The number of carbonyl (C=O) groups is 1. The zero-order chi connectivity index (χ0) is 69.1. The van der Waals surface area contributed by atoms with E-state index in [1.165, 1.54) is 36.7 Å². The Hall–Kier alpha value is -9.76. The van der Waals surface area contributed by atoms with Gasteiger partial charge in [-0.05, 0) is 128 Å². The van der Waals surface area contributed by atoms with Gasteiger partial charge in [-0.15, -0.1) is 3.63 Å². The number of halogens is 10. The van der Waals surface area contributed by atoms with Gasteiger partial charge >= 0.3 is 54.6 Å². The largest absolute Gasteiger partial charge is 0.569 e. The van der Waals surface area contributed by atoms with Crippen molar-refractivity contribution in [1.82, 2.24) is 49.3 Å². The summed E-state index contributed by atoms with van der Waals surface area (Å²) in [4.78, 5) is 48.8. The Morgan fingerprint density at radius 2 is 0.915 bits per heavy atom. The van der Waals surface area contributed by atoms with E-state index in [1.807, 2.05) is 91.3 Å². The lowest BCUT2D eigenvalue weighted by atomic mass is 10.0. The fourth-order valence-electron chi connectivity index (χ4n) is 6.77. The van der Waals surface area contributed by atoms with Crippen LogP contribution in [-0.4, -0.2) is 120 Å². The fraction of sp³-hybridized carbons (Fsp3) is 0.143. The number of phenols is 2. The third-order valence-electron chi connectivity index (χ3n) is 10.9. The molecule has 0 saturated heterocycles. The minimum Gasteiger partial charge on any atom is -0.535 e. The maximum absolute atomic E-state index is 12.4. The first-order valence-corrected chi connectivity index (χ1v) is 30.3. The molecule has 24 nitrogen and oxygen atoms in total. The molecule has 0 saturated carbocycles. The number of nitrogens with zero attached hydrogens (tertiary/aromatic N) is 10. The van der Waals surface area contributed by atoms with Gasteiger partial charge in [-0.2, -0.15) is 64.8 Å². The normalized spacial score (nSPS) is 11.3. The number of carbonyl (C=O) groups excluding carboxylic acids is 1. The molecule has 0 aliphatic carbocycles. The molecule has 0 spiro atoms. The summed E-state index contributed by atoms with van der Waals surface area (Å²) in [5.41, 5.74) is -4.70. The van der Waals surface area contributed by atoms with E-state index in [9.17, 15) is 74.7 Å². The third kappa shape index (κ3) is 22.0. The number of primary amides is 1. The predicted molar refractivity (Wildman–Crippen MR) is 326 cm³/mol. The molecular weight excluding hydrogens is 1390 g/mol. The number of hydrogen-bond acceptors (Lipinski definition) is 22. The van der Waals surface area contributed by atoms with Crippen molar-refractivity contribution in [2.75, 3.05) is 0 Å². The van der Waals surface area contributed by atoms with Gasteiger partial charge < -0.3 is 29.8 Å². The van der Waals surface area contributed by atoms with E-state index in [4.69, 9.17) is 15.9 Å². The maximum atomic E-state index is 12.4. The highest BCUT2D eigenvalue weighted by atomic mass is 79.9. The van der Waals surface area contributed by atoms with Crippen molar-refractivity contribution < 1.29 is 97.3 Å².